The van der Waals surface area contributed by atoms with E-state index in [4.69, 9.17) is 0 Å². The van der Waals surface area contributed by atoms with Gasteiger partial charge in [-0.2, -0.15) is 0 Å². The van der Waals surface area contributed by atoms with Crippen molar-refractivity contribution in [1.29, 1.82) is 0 Å². The summed E-state index contributed by atoms with van der Waals surface area (Å²) >= 11 is 0. The highest BCUT2D eigenvalue weighted by atomic mass is 15.1. The SMILES string of the molecule is CCCc1ccc(Nc2ncnc(NC)c2C(C)C)cc1. The zero-order chi connectivity index (χ0) is 15.2. The first-order valence-electron chi connectivity index (χ1n) is 7.54. The highest BCUT2D eigenvalue weighted by molar-refractivity contribution is 5.65. The Labute approximate surface area is 127 Å². The molecule has 2 rings (SSSR count). The van der Waals surface area contributed by atoms with E-state index in [1.165, 1.54) is 12.0 Å². The van der Waals surface area contributed by atoms with Crippen molar-refractivity contribution in [2.75, 3.05) is 17.7 Å². The number of benzene rings is 1. The lowest BCUT2D eigenvalue weighted by molar-refractivity contribution is 0.852. The quantitative estimate of drug-likeness (QED) is 0.828. The largest absolute Gasteiger partial charge is 0.373 e. The molecule has 4 nitrogen and oxygen atoms in total. The van der Waals surface area contributed by atoms with Crippen molar-refractivity contribution in [3.63, 3.8) is 0 Å². The molecule has 0 atom stereocenters. The summed E-state index contributed by atoms with van der Waals surface area (Å²) in [7, 11) is 1.89. The Bertz CT molecular complexity index is 576. The second-order valence-corrected chi connectivity index (χ2v) is 5.46. The molecule has 1 aromatic carbocycles. The second kappa shape index (κ2) is 7.07. The summed E-state index contributed by atoms with van der Waals surface area (Å²) in [5.74, 6) is 2.09. The Hall–Kier alpha value is -2.10. The van der Waals surface area contributed by atoms with Gasteiger partial charge in [0.2, 0.25) is 0 Å². The fourth-order valence-corrected chi connectivity index (χ4v) is 2.42. The van der Waals surface area contributed by atoms with Crippen molar-refractivity contribution in [3.05, 3.63) is 41.7 Å². The summed E-state index contributed by atoms with van der Waals surface area (Å²) in [5.41, 5.74) is 3.53. The van der Waals surface area contributed by atoms with Gasteiger partial charge in [0, 0.05) is 18.3 Å². The highest BCUT2D eigenvalue weighted by Crippen LogP contribution is 2.30. The van der Waals surface area contributed by atoms with Crippen LogP contribution in [-0.2, 0) is 6.42 Å². The van der Waals surface area contributed by atoms with E-state index in [0.717, 1.165) is 29.3 Å². The Morgan fingerprint density at radius 1 is 1.05 bits per heavy atom. The maximum Gasteiger partial charge on any atom is 0.139 e. The van der Waals surface area contributed by atoms with Crippen LogP contribution in [0.15, 0.2) is 30.6 Å². The third-order valence-electron chi connectivity index (χ3n) is 3.45. The number of anilines is 3. The van der Waals surface area contributed by atoms with Crippen molar-refractivity contribution < 1.29 is 0 Å². The van der Waals surface area contributed by atoms with Gasteiger partial charge in [0.15, 0.2) is 0 Å². The molecular formula is C17H24N4. The number of hydrogen-bond donors (Lipinski definition) is 2. The molecule has 1 aromatic heterocycles. The lowest BCUT2D eigenvalue weighted by Crippen LogP contribution is -2.06. The summed E-state index contributed by atoms with van der Waals surface area (Å²) < 4.78 is 0. The van der Waals surface area contributed by atoms with Gasteiger partial charge in [0.25, 0.3) is 0 Å². The Balaban J connectivity index is 2.26. The van der Waals surface area contributed by atoms with Crippen LogP contribution in [-0.4, -0.2) is 17.0 Å². The third kappa shape index (κ3) is 3.72. The molecule has 2 N–H and O–H groups in total. The Morgan fingerprint density at radius 2 is 1.71 bits per heavy atom. The summed E-state index contributed by atoms with van der Waals surface area (Å²) in [5, 5.41) is 6.54. The van der Waals surface area contributed by atoms with Crippen LogP contribution in [0.5, 0.6) is 0 Å². The molecule has 0 radical (unpaired) electrons. The van der Waals surface area contributed by atoms with E-state index in [1.807, 2.05) is 7.05 Å². The Morgan fingerprint density at radius 3 is 2.29 bits per heavy atom. The van der Waals surface area contributed by atoms with Crippen LogP contribution in [0.1, 0.15) is 44.2 Å². The smallest absolute Gasteiger partial charge is 0.139 e. The molecule has 0 unspecified atom stereocenters. The van der Waals surface area contributed by atoms with E-state index in [-0.39, 0.29) is 0 Å². The average Bonchev–Trinajstić information content (AvgIpc) is 2.49. The van der Waals surface area contributed by atoms with Crippen molar-refractivity contribution in [2.24, 2.45) is 0 Å². The van der Waals surface area contributed by atoms with E-state index >= 15 is 0 Å². The van der Waals surface area contributed by atoms with Gasteiger partial charge in [-0.05, 0) is 30.0 Å². The topological polar surface area (TPSA) is 49.8 Å². The van der Waals surface area contributed by atoms with Crippen LogP contribution < -0.4 is 10.6 Å². The molecule has 0 aliphatic carbocycles. The van der Waals surface area contributed by atoms with Crippen LogP contribution >= 0.6 is 0 Å². The van der Waals surface area contributed by atoms with E-state index in [9.17, 15) is 0 Å². The van der Waals surface area contributed by atoms with Gasteiger partial charge in [0.1, 0.15) is 18.0 Å². The first-order valence-corrected chi connectivity index (χ1v) is 7.54. The number of nitrogens with zero attached hydrogens (tertiary/aromatic N) is 2. The van der Waals surface area contributed by atoms with Gasteiger partial charge in [-0.1, -0.05) is 39.3 Å². The number of aromatic nitrogens is 2. The molecule has 0 aliphatic rings. The predicted octanol–water partition coefficient (Wildman–Crippen LogP) is 4.34. The minimum Gasteiger partial charge on any atom is -0.373 e. The maximum atomic E-state index is 4.40. The molecule has 0 spiro atoms. The molecule has 2 aromatic rings. The normalized spacial score (nSPS) is 10.7. The van der Waals surface area contributed by atoms with Crippen LogP contribution in [0.3, 0.4) is 0 Å². The van der Waals surface area contributed by atoms with E-state index in [2.05, 4.69) is 65.6 Å². The number of nitrogens with one attached hydrogen (secondary N) is 2. The molecule has 0 saturated heterocycles. The van der Waals surface area contributed by atoms with Gasteiger partial charge in [-0.15, -0.1) is 0 Å². The summed E-state index contributed by atoms with van der Waals surface area (Å²) in [6.45, 7) is 6.49. The lowest BCUT2D eigenvalue weighted by Gasteiger charge is -2.16. The fraction of sp³-hybridized carbons (Fsp3) is 0.412. The molecule has 0 fully saturated rings. The first kappa shape index (κ1) is 15.3. The predicted molar refractivity (Wildman–Crippen MR) is 89.4 cm³/mol. The molecule has 0 saturated carbocycles. The molecule has 112 valence electrons. The molecule has 1 heterocycles. The molecular weight excluding hydrogens is 260 g/mol. The minimum atomic E-state index is 0.343. The zero-order valence-electron chi connectivity index (χ0n) is 13.3. The average molecular weight is 284 g/mol. The standard InChI is InChI=1S/C17H24N4/c1-5-6-13-7-9-14(10-8-13)21-17-15(12(2)3)16(18-4)19-11-20-17/h7-12H,5-6H2,1-4H3,(H2,18,19,20,21). The van der Waals surface area contributed by atoms with E-state index in [0.29, 0.717) is 5.92 Å². The maximum absolute atomic E-state index is 4.40. The van der Waals surface area contributed by atoms with Crippen molar-refractivity contribution in [1.82, 2.24) is 9.97 Å². The van der Waals surface area contributed by atoms with E-state index < -0.39 is 0 Å². The van der Waals surface area contributed by atoms with Gasteiger partial charge in [-0.25, -0.2) is 9.97 Å². The molecule has 0 aliphatic heterocycles. The third-order valence-corrected chi connectivity index (χ3v) is 3.45. The van der Waals surface area contributed by atoms with Crippen LogP contribution in [0.25, 0.3) is 0 Å². The van der Waals surface area contributed by atoms with Crippen LogP contribution in [0.2, 0.25) is 0 Å². The summed E-state index contributed by atoms with van der Waals surface area (Å²) in [4.78, 5) is 8.70. The highest BCUT2D eigenvalue weighted by Gasteiger charge is 2.14. The van der Waals surface area contributed by atoms with Gasteiger partial charge in [-0.3, -0.25) is 0 Å². The van der Waals surface area contributed by atoms with Crippen LogP contribution in [0.4, 0.5) is 17.3 Å². The molecule has 0 bridgehead atoms. The van der Waals surface area contributed by atoms with Crippen LogP contribution in [0, 0.1) is 0 Å². The second-order valence-electron chi connectivity index (χ2n) is 5.46. The van der Waals surface area contributed by atoms with E-state index in [1.54, 1.807) is 6.33 Å². The van der Waals surface area contributed by atoms with Crippen molar-refractivity contribution in [2.45, 2.75) is 39.5 Å². The molecule has 0 amide bonds. The Kier molecular flexibility index (Phi) is 5.14. The number of aryl methyl sites for hydroxylation is 1. The minimum absolute atomic E-state index is 0.343. The van der Waals surface area contributed by atoms with Crippen molar-refractivity contribution >= 4 is 17.3 Å². The van der Waals surface area contributed by atoms with Gasteiger partial charge < -0.3 is 10.6 Å². The van der Waals surface area contributed by atoms with Gasteiger partial charge >= 0.3 is 0 Å². The number of rotatable bonds is 6. The molecule has 21 heavy (non-hydrogen) atoms. The zero-order valence-corrected chi connectivity index (χ0v) is 13.3. The van der Waals surface area contributed by atoms with Gasteiger partial charge in [0.05, 0.1) is 0 Å². The molecule has 4 heteroatoms. The lowest BCUT2D eigenvalue weighted by atomic mass is 10.0. The summed E-state index contributed by atoms with van der Waals surface area (Å²) in [6, 6.07) is 8.55. The van der Waals surface area contributed by atoms with Crippen molar-refractivity contribution in [3.8, 4) is 0 Å². The summed E-state index contributed by atoms with van der Waals surface area (Å²) in [6.07, 6.45) is 3.88. The fourth-order valence-electron chi connectivity index (χ4n) is 2.42. The first-order chi connectivity index (χ1) is 10.2. The monoisotopic (exact) mass is 284 g/mol. The number of hydrogen-bond acceptors (Lipinski definition) is 4.